The molecule has 1 heterocycles. The number of carbonyl (C=O) groups excluding carboxylic acids is 1. The Bertz CT molecular complexity index is 863. The van der Waals surface area contributed by atoms with E-state index in [2.05, 4.69) is 20.8 Å². The van der Waals surface area contributed by atoms with Gasteiger partial charge in [-0.3, -0.25) is 4.79 Å². The van der Waals surface area contributed by atoms with Crippen molar-refractivity contribution in [2.75, 3.05) is 25.3 Å². The molecule has 1 amide bonds. The molecule has 0 unspecified atom stereocenters. The Labute approximate surface area is 154 Å². The number of methoxy groups -OCH3 is 2. The van der Waals surface area contributed by atoms with Crippen LogP contribution in [0.5, 0.6) is 11.5 Å². The number of aromatic nitrogens is 4. The maximum absolute atomic E-state index is 12.3. The average Bonchev–Trinajstić information content (AvgIpc) is 3.15. The molecule has 1 N–H and O–H groups in total. The number of nitrogens with one attached hydrogen (secondary N) is 1. The fourth-order valence-corrected chi connectivity index (χ4v) is 2.90. The number of benzene rings is 2. The molecule has 1 aromatic heterocycles. The standard InChI is InChI=1S/C17H17N5O3S/c1-24-14-8-12(9-15(10-14)25-2)18-16(23)11-26-17-19-20-21-22(17)13-6-4-3-5-7-13/h3-10H,11H2,1-2H3,(H,18,23). The van der Waals surface area contributed by atoms with E-state index in [1.165, 1.54) is 11.8 Å². The van der Waals surface area contributed by atoms with Crippen LogP contribution in [0.15, 0.2) is 53.7 Å². The number of anilines is 1. The van der Waals surface area contributed by atoms with Crippen molar-refractivity contribution in [3.05, 3.63) is 48.5 Å². The monoisotopic (exact) mass is 371 g/mol. The van der Waals surface area contributed by atoms with Crippen LogP contribution in [0.3, 0.4) is 0 Å². The molecular weight excluding hydrogens is 354 g/mol. The maximum Gasteiger partial charge on any atom is 0.234 e. The summed E-state index contributed by atoms with van der Waals surface area (Å²) < 4.78 is 12.0. The molecular formula is C17H17N5O3S. The molecule has 0 atom stereocenters. The smallest absolute Gasteiger partial charge is 0.234 e. The van der Waals surface area contributed by atoms with Crippen molar-refractivity contribution in [2.24, 2.45) is 0 Å². The van der Waals surface area contributed by atoms with Crippen LogP contribution in [0.4, 0.5) is 5.69 Å². The number of rotatable bonds is 7. The van der Waals surface area contributed by atoms with Crippen LogP contribution in [0.2, 0.25) is 0 Å². The van der Waals surface area contributed by atoms with Gasteiger partial charge in [0, 0.05) is 23.9 Å². The Balaban J connectivity index is 1.65. The van der Waals surface area contributed by atoms with E-state index in [0.717, 1.165) is 5.69 Å². The van der Waals surface area contributed by atoms with E-state index < -0.39 is 0 Å². The summed E-state index contributed by atoms with van der Waals surface area (Å²) >= 11 is 1.25. The van der Waals surface area contributed by atoms with Gasteiger partial charge >= 0.3 is 0 Å². The molecule has 3 aromatic rings. The summed E-state index contributed by atoms with van der Waals surface area (Å²) in [5.74, 6) is 1.17. The Morgan fingerprint density at radius 1 is 1.12 bits per heavy atom. The van der Waals surface area contributed by atoms with Gasteiger partial charge in [0.2, 0.25) is 11.1 Å². The molecule has 3 rings (SSSR count). The van der Waals surface area contributed by atoms with E-state index in [9.17, 15) is 4.79 Å². The van der Waals surface area contributed by atoms with E-state index in [1.54, 1.807) is 37.1 Å². The first kappa shape index (κ1) is 17.7. The molecule has 0 spiro atoms. The highest BCUT2D eigenvalue weighted by Gasteiger charge is 2.12. The van der Waals surface area contributed by atoms with Gasteiger partial charge in [0.05, 0.1) is 25.7 Å². The highest BCUT2D eigenvalue weighted by atomic mass is 32.2. The molecule has 0 saturated carbocycles. The fraction of sp³-hybridized carbons (Fsp3) is 0.176. The van der Waals surface area contributed by atoms with Crippen LogP contribution >= 0.6 is 11.8 Å². The van der Waals surface area contributed by atoms with Gasteiger partial charge in [-0.1, -0.05) is 30.0 Å². The first-order valence-corrected chi connectivity index (χ1v) is 8.67. The summed E-state index contributed by atoms with van der Waals surface area (Å²) in [5, 5.41) is 15.0. The van der Waals surface area contributed by atoms with Gasteiger partial charge in [-0.2, -0.15) is 4.68 Å². The normalized spacial score (nSPS) is 10.4. The van der Waals surface area contributed by atoms with E-state index >= 15 is 0 Å². The van der Waals surface area contributed by atoms with Gasteiger partial charge < -0.3 is 14.8 Å². The van der Waals surface area contributed by atoms with Crippen molar-refractivity contribution in [1.82, 2.24) is 20.2 Å². The lowest BCUT2D eigenvalue weighted by Crippen LogP contribution is -2.14. The highest BCUT2D eigenvalue weighted by molar-refractivity contribution is 7.99. The first-order chi connectivity index (χ1) is 12.7. The molecule has 0 bridgehead atoms. The molecule has 9 heteroatoms. The van der Waals surface area contributed by atoms with E-state index in [1.807, 2.05) is 30.3 Å². The summed E-state index contributed by atoms with van der Waals surface area (Å²) in [6.45, 7) is 0. The Morgan fingerprint density at radius 2 is 1.81 bits per heavy atom. The van der Waals surface area contributed by atoms with Crippen molar-refractivity contribution in [1.29, 1.82) is 0 Å². The van der Waals surface area contributed by atoms with Crippen LogP contribution in [0, 0.1) is 0 Å². The van der Waals surface area contributed by atoms with Crippen LogP contribution in [-0.2, 0) is 4.79 Å². The highest BCUT2D eigenvalue weighted by Crippen LogP contribution is 2.26. The third-order valence-corrected chi connectivity index (χ3v) is 4.33. The molecule has 134 valence electrons. The molecule has 0 fully saturated rings. The lowest BCUT2D eigenvalue weighted by atomic mass is 10.2. The second-order valence-electron chi connectivity index (χ2n) is 5.15. The molecule has 8 nitrogen and oxygen atoms in total. The summed E-state index contributed by atoms with van der Waals surface area (Å²) in [6.07, 6.45) is 0. The van der Waals surface area contributed by atoms with Gasteiger partial charge in [-0.25, -0.2) is 0 Å². The SMILES string of the molecule is COc1cc(NC(=O)CSc2nnnn2-c2ccccc2)cc(OC)c1. The fourth-order valence-electron chi connectivity index (χ4n) is 2.21. The van der Waals surface area contributed by atoms with E-state index in [-0.39, 0.29) is 11.7 Å². The zero-order valence-electron chi connectivity index (χ0n) is 14.2. The Kier molecular flexibility index (Phi) is 5.69. The van der Waals surface area contributed by atoms with Crippen molar-refractivity contribution in [3.8, 4) is 17.2 Å². The summed E-state index contributed by atoms with van der Waals surface area (Å²) in [5.41, 5.74) is 1.42. The topological polar surface area (TPSA) is 91.2 Å². The van der Waals surface area contributed by atoms with Crippen molar-refractivity contribution < 1.29 is 14.3 Å². The third-order valence-electron chi connectivity index (χ3n) is 3.41. The predicted molar refractivity (Wildman–Crippen MR) is 98.1 cm³/mol. The second-order valence-corrected chi connectivity index (χ2v) is 6.09. The number of para-hydroxylation sites is 1. The molecule has 2 aromatic carbocycles. The molecule has 0 aliphatic heterocycles. The lowest BCUT2D eigenvalue weighted by molar-refractivity contribution is -0.113. The van der Waals surface area contributed by atoms with Crippen LogP contribution in [0.1, 0.15) is 0 Å². The van der Waals surface area contributed by atoms with Crippen LogP contribution < -0.4 is 14.8 Å². The second kappa shape index (κ2) is 8.34. The van der Waals surface area contributed by atoms with Gasteiger partial charge in [-0.15, -0.1) is 5.10 Å². The van der Waals surface area contributed by atoms with Gasteiger partial charge in [0.15, 0.2) is 0 Å². The maximum atomic E-state index is 12.3. The number of thioether (sulfide) groups is 1. The molecule has 0 radical (unpaired) electrons. The minimum Gasteiger partial charge on any atom is -0.497 e. The van der Waals surface area contributed by atoms with Crippen LogP contribution in [-0.4, -0.2) is 46.1 Å². The lowest BCUT2D eigenvalue weighted by Gasteiger charge is -2.09. The van der Waals surface area contributed by atoms with E-state index in [4.69, 9.17) is 9.47 Å². The molecule has 0 saturated heterocycles. The number of hydrogen-bond donors (Lipinski definition) is 1. The summed E-state index contributed by atoms with van der Waals surface area (Å²) in [6, 6.07) is 14.7. The first-order valence-electron chi connectivity index (χ1n) is 7.69. The zero-order valence-corrected chi connectivity index (χ0v) is 15.1. The molecule has 26 heavy (non-hydrogen) atoms. The van der Waals surface area contributed by atoms with Crippen molar-refractivity contribution in [2.45, 2.75) is 5.16 Å². The molecule has 0 aliphatic carbocycles. The van der Waals surface area contributed by atoms with Gasteiger partial charge in [0.25, 0.3) is 0 Å². The largest absolute Gasteiger partial charge is 0.497 e. The minimum absolute atomic E-state index is 0.159. The number of carbonyl (C=O) groups is 1. The minimum atomic E-state index is -0.187. The van der Waals surface area contributed by atoms with Gasteiger partial charge in [-0.05, 0) is 22.6 Å². The third kappa shape index (κ3) is 4.31. The average molecular weight is 371 g/mol. The van der Waals surface area contributed by atoms with E-state index in [0.29, 0.717) is 22.3 Å². The molecule has 0 aliphatic rings. The number of hydrogen-bond acceptors (Lipinski definition) is 7. The number of nitrogens with zero attached hydrogens (tertiary/aromatic N) is 4. The zero-order chi connectivity index (χ0) is 18.4. The number of ether oxygens (including phenoxy) is 2. The van der Waals surface area contributed by atoms with Crippen LogP contribution in [0.25, 0.3) is 5.69 Å². The number of amides is 1. The van der Waals surface area contributed by atoms with Crippen molar-refractivity contribution in [3.63, 3.8) is 0 Å². The van der Waals surface area contributed by atoms with Crippen molar-refractivity contribution >= 4 is 23.4 Å². The Morgan fingerprint density at radius 3 is 2.46 bits per heavy atom. The Hall–Kier alpha value is -3.07. The van der Waals surface area contributed by atoms with Gasteiger partial charge in [0.1, 0.15) is 11.5 Å². The number of tetrazole rings is 1. The summed E-state index contributed by atoms with van der Waals surface area (Å²) in [7, 11) is 3.11. The summed E-state index contributed by atoms with van der Waals surface area (Å²) in [4.78, 5) is 12.3. The predicted octanol–water partition coefficient (Wildman–Crippen LogP) is 2.41. The quantitative estimate of drug-likeness (QED) is 0.638.